The van der Waals surface area contributed by atoms with Gasteiger partial charge in [0.2, 0.25) is 0 Å². The number of aliphatic hydroxyl groups excluding tert-OH is 1. The fourth-order valence-electron chi connectivity index (χ4n) is 3.53. The number of alkyl halides is 3. The molecule has 0 aromatic heterocycles. The van der Waals surface area contributed by atoms with Gasteiger partial charge in [0, 0.05) is 18.7 Å². The number of hydrogen-bond donors (Lipinski definition) is 3. The Hall–Kier alpha value is -3.56. The third-order valence-corrected chi connectivity index (χ3v) is 5.23. The molecule has 0 aliphatic carbocycles. The quantitative estimate of drug-likeness (QED) is 0.379. The number of halogens is 3. The molecule has 0 unspecified atom stereocenters. The van der Waals surface area contributed by atoms with Gasteiger partial charge in [-0.05, 0) is 47.9 Å². The summed E-state index contributed by atoms with van der Waals surface area (Å²) in [5.41, 5.74) is 1.84. The number of amides is 1. The minimum absolute atomic E-state index is 0.0126. The molecular formula is C26H27F3N2O4. The van der Waals surface area contributed by atoms with Crippen molar-refractivity contribution in [3.05, 3.63) is 95.6 Å². The van der Waals surface area contributed by atoms with Crippen molar-refractivity contribution >= 4 is 5.91 Å². The first-order valence-corrected chi connectivity index (χ1v) is 11.0. The molecule has 0 saturated carbocycles. The van der Waals surface area contributed by atoms with E-state index in [1.807, 2.05) is 54.6 Å². The van der Waals surface area contributed by atoms with Gasteiger partial charge in [-0.15, -0.1) is 13.2 Å². The average Bonchev–Trinajstić information content (AvgIpc) is 2.83. The van der Waals surface area contributed by atoms with Crippen molar-refractivity contribution < 1.29 is 32.5 Å². The van der Waals surface area contributed by atoms with Gasteiger partial charge in [0.1, 0.15) is 11.5 Å². The molecule has 0 aliphatic rings. The number of hydrogen-bond acceptors (Lipinski definition) is 5. The maximum absolute atomic E-state index is 12.8. The number of methoxy groups -OCH3 is 1. The molecule has 6 nitrogen and oxygen atoms in total. The molecule has 35 heavy (non-hydrogen) atoms. The Morgan fingerprint density at radius 3 is 2.34 bits per heavy atom. The molecule has 0 bridgehead atoms. The van der Waals surface area contributed by atoms with Crippen LogP contribution < -0.4 is 20.1 Å². The lowest BCUT2D eigenvalue weighted by Gasteiger charge is -2.25. The number of rotatable bonds is 11. The Kier molecular flexibility index (Phi) is 9.11. The van der Waals surface area contributed by atoms with Crippen molar-refractivity contribution in [1.82, 2.24) is 10.6 Å². The lowest BCUT2D eigenvalue weighted by molar-refractivity contribution is -0.274. The summed E-state index contributed by atoms with van der Waals surface area (Å²) in [7, 11) is 1.58. The van der Waals surface area contributed by atoms with Gasteiger partial charge in [0.15, 0.2) is 0 Å². The van der Waals surface area contributed by atoms with Crippen LogP contribution in [-0.4, -0.2) is 43.2 Å². The lowest BCUT2D eigenvalue weighted by atomic mass is 10.0. The highest BCUT2D eigenvalue weighted by molar-refractivity contribution is 5.94. The third-order valence-electron chi connectivity index (χ3n) is 5.23. The molecule has 3 aromatic rings. The van der Waals surface area contributed by atoms with Crippen LogP contribution in [0, 0.1) is 0 Å². The molecule has 0 heterocycles. The van der Waals surface area contributed by atoms with Crippen LogP contribution in [0.5, 0.6) is 11.5 Å². The molecule has 3 N–H and O–H groups in total. The number of carbonyl (C=O) groups excluding carboxylic acids is 1. The van der Waals surface area contributed by atoms with Crippen molar-refractivity contribution in [2.24, 2.45) is 0 Å². The Labute approximate surface area is 201 Å². The van der Waals surface area contributed by atoms with E-state index in [0.717, 1.165) is 29.0 Å². The van der Waals surface area contributed by atoms with E-state index in [-0.39, 0.29) is 12.1 Å². The van der Waals surface area contributed by atoms with Crippen LogP contribution >= 0.6 is 0 Å². The van der Waals surface area contributed by atoms with E-state index in [0.29, 0.717) is 13.0 Å². The van der Waals surface area contributed by atoms with E-state index < -0.39 is 30.2 Å². The molecule has 3 aromatic carbocycles. The lowest BCUT2D eigenvalue weighted by Crippen LogP contribution is -2.48. The SMILES string of the molecule is COc1cccc(CNC[C@H](O)[C@H](Cc2ccccc2)NC(=O)c2cccc(OC(F)(F)F)c2)c1. The van der Waals surface area contributed by atoms with Crippen LogP contribution in [0.3, 0.4) is 0 Å². The zero-order chi connectivity index (χ0) is 25.3. The Bertz CT molecular complexity index is 1090. The van der Waals surface area contributed by atoms with Gasteiger partial charge in [-0.1, -0.05) is 48.5 Å². The van der Waals surface area contributed by atoms with Crippen molar-refractivity contribution in [2.45, 2.75) is 31.5 Å². The molecule has 9 heteroatoms. The fourth-order valence-corrected chi connectivity index (χ4v) is 3.53. The summed E-state index contributed by atoms with van der Waals surface area (Å²) in [6.45, 7) is 0.642. The predicted molar refractivity (Wildman–Crippen MR) is 125 cm³/mol. The molecule has 186 valence electrons. The largest absolute Gasteiger partial charge is 0.573 e. The highest BCUT2D eigenvalue weighted by Crippen LogP contribution is 2.23. The van der Waals surface area contributed by atoms with Gasteiger partial charge in [0.05, 0.1) is 19.3 Å². The summed E-state index contributed by atoms with van der Waals surface area (Å²) in [4.78, 5) is 12.8. The molecule has 0 aliphatic heterocycles. The first-order chi connectivity index (χ1) is 16.7. The molecule has 1 amide bonds. The molecule has 0 saturated heterocycles. The minimum atomic E-state index is -4.87. The van der Waals surface area contributed by atoms with E-state index >= 15 is 0 Å². The van der Waals surface area contributed by atoms with Crippen LogP contribution in [-0.2, 0) is 13.0 Å². The number of nitrogens with one attached hydrogen (secondary N) is 2. The van der Waals surface area contributed by atoms with Crippen molar-refractivity contribution in [3.63, 3.8) is 0 Å². The van der Waals surface area contributed by atoms with E-state index in [2.05, 4.69) is 15.4 Å². The van der Waals surface area contributed by atoms with E-state index in [4.69, 9.17) is 4.74 Å². The predicted octanol–water partition coefficient (Wildman–Crippen LogP) is 4.09. The highest BCUT2D eigenvalue weighted by Gasteiger charge is 2.31. The second-order valence-corrected chi connectivity index (χ2v) is 7.90. The second kappa shape index (κ2) is 12.2. The summed E-state index contributed by atoms with van der Waals surface area (Å²) >= 11 is 0. The Balaban J connectivity index is 1.68. The smallest absolute Gasteiger partial charge is 0.497 e. The maximum Gasteiger partial charge on any atom is 0.573 e. The first-order valence-electron chi connectivity index (χ1n) is 11.0. The molecule has 0 spiro atoms. The molecular weight excluding hydrogens is 461 g/mol. The number of benzene rings is 3. The van der Waals surface area contributed by atoms with Crippen LogP contribution in [0.2, 0.25) is 0 Å². The zero-order valence-corrected chi connectivity index (χ0v) is 19.1. The second-order valence-electron chi connectivity index (χ2n) is 7.90. The standard InChI is InChI=1S/C26H27F3N2O4/c1-34-21-11-5-9-19(13-21)16-30-17-24(32)23(14-18-7-3-2-4-8-18)31-25(33)20-10-6-12-22(15-20)35-26(27,28)29/h2-13,15,23-24,30,32H,14,16-17H2,1H3,(H,31,33)/t23-,24-/m0/s1. The van der Waals surface area contributed by atoms with Crippen LogP contribution in [0.1, 0.15) is 21.5 Å². The molecule has 2 atom stereocenters. The summed E-state index contributed by atoms with van der Waals surface area (Å²) in [6.07, 6.45) is -5.51. The summed E-state index contributed by atoms with van der Waals surface area (Å²) in [5, 5.41) is 16.8. The molecule has 3 rings (SSSR count). The van der Waals surface area contributed by atoms with Gasteiger partial charge in [0.25, 0.3) is 5.91 Å². The molecule has 0 fully saturated rings. The van der Waals surface area contributed by atoms with Crippen LogP contribution in [0.25, 0.3) is 0 Å². The van der Waals surface area contributed by atoms with Crippen molar-refractivity contribution in [3.8, 4) is 11.5 Å². The topological polar surface area (TPSA) is 79.8 Å². The van der Waals surface area contributed by atoms with Crippen molar-refractivity contribution in [1.29, 1.82) is 0 Å². The van der Waals surface area contributed by atoms with Crippen LogP contribution in [0.4, 0.5) is 13.2 Å². The molecule has 0 radical (unpaired) electrons. The minimum Gasteiger partial charge on any atom is -0.497 e. The van der Waals surface area contributed by atoms with Crippen molar-refractivity contribution in [2.75, 3.05) is 13.7 Å². The van der Waals surface area contributed by atoms with Gasteiger partial charge in [-0.25, -0.2) is 0 Å². The van der Waals surface area contributed by atoms with Gasteiger partial charge in [-0.2, -0.15) is 0 Å². The normalized spacial score (nSPS) is 13.1. The first kappa shape index (κ1) is 26.1. The maximum atomic E-state index is 12.8. The monoisotopic (exact) mass is 488 g/mol. The Morgan fingerprint density at radius 1 is 0.943 bits per heavy atom. The summed E-state index contributed by atoms with van der Waals surface area (Å²) < 4.78 is 46.8. The van der Waals surface area contributed by atoms with Crippen LogP contribution in [0.15, 0.2) is 78.9 Å². The fraction of sp³-hybridized carbons (Fsp3) is 0.269. The van der Waals surface area contributed by atoms with E-state index in [9.17, 15) is 23.1 Å². The summed E-state index contributed by atoms with van der Waals surface area (Å²) in [6, 6.07) is 20.9. The average molecular weight is 489 g/mol. The highest BCUT2D eigenvalue weighted by atomic mass is 19.4. The number of ether oxygens (including phenoxy) is 2. The van der Waals surface area contributed by atoms with Gasteiger partial charge < -0.3 is 25.2 Å². The van der Waals surface area contributed by atoms with E-state index in [1.54, 1.807) is 7.11 Å². The zero-order valence-electron chi connectivity index (χ0n) is 19.1. The van der Waals surface area contributed by atoms with Gasteiger partial charge in [-0.3, -0.25) is 4.79 Å². The number of carbonyl (C=O) groups is 1. The van der Waals surface area contributed by atoms with E-state index in [1.165, 1.54) is 12.1 Å². The number of aliphatic hydroxyl groups is 1. The Morgan fingerprint density at radius 2 is 1.63 bits per heavy atom. The summed E-state index contributed by atoms with van der Waals surface area (Å²) in [5.74, 6) is -0.397. The van der Waals surface area contributed by atoms with Gasteiger partial charge >= 0.3 is 6.36 Å². The third kappa shape index (κ3) is 8.62.